The molecule has 0 radical (unpaired) electrons. The molecule has 0 aromatic heterocycles. The van der Waals surface area contributed by atoms with E-state index in [1.807, 2.05) is 0 Å². The number of ether oxygens (including phenoxy) is 1. The fraction of sp³-hybridized carbons (Fsp3) is 0.286. The van der Waals surface area contributed by atoms with Gasteiger partial charge in [0.15, 0.2) is 0 Å². The van der Waals surface area contributed by atoms with Gasteiger partial charge in [-0.15, -0.1) is 6.58 Å². The van der Waals surface area contributed by atoms with E-state index < -0.39 is 21.9 Å². The van der Waals surface area contributed by atoms with E-state index in [1.165, 1.54) is 19.3 Å². The van der Waals surface area contributed by atoms with Crippen molar-refractivity contribution in [2.24, 2.45) is 0 Å². The maximum absolute atomic E-state index is 11.9. The third-order valence-corrected chi connectivity index (χ3v) is 3.91. The Morgan fingerprint density at radius 2 is 2.09 bits per heavy atom. The SMILES string of the molecule is C=CCN(CC(=O)Nc1cccc(C(=O)OC)c1)S(C)(=O)=O. The Hall–Kier alpha value is -2.19. The van der Waals surface area contributed by atoms with Gasteiger partial charge in [0.25, 0.3) is 0 Å². The van der Waals surface area contributed by atoms with E-state index in [4.69, 9.17) is 0 Å². The van der Waals surface area contributed by atoms with Crippen LogP contribution < -0.4 is 5.32 Å². The molecule has 0 bridgehead atoms. The zero-order valence-corrected chi connectivity index (χ0v) is 13.2. The van der Waals surface area contributed by atoms with Crippen molar-refractivity contribution >= 4 is 27.6 Å². The average Bonchev–Trinajstić information content (AvgIpc) is 2.45. The molecule has 0 aliphatic carbocycles. The molecule has 0 atom stereocenters. The van der Waals surface area contributed by atoms with E-state index >= 15 is 0 Å². The summed E-state index contributed by atoms with van der Waals surface area (Å²) in [6.07, 6.45) is 2.41. The normalized spacial score (nSPS) is 11.0. The number of carbonyl (C=O) groups is 2. The number of anilines is 1. The summed E-state index contributed by atoms with van der Waals surface area (Å²) in [5.41, 5.74) is 0.659. The van der Waals surface area contributed by atoms with Gasteiger partial charge >= 0.3 is 5.97 Å². The van der Waals surface area contributed by atoms with Crippen LogP contribution in [0.15, 0.2) is 36.9 Å². The third-order valence-electron chi connectivity index (χ3n) is 2.69. The second kappa shape index (κ2) is 7.71. The lowest BCUT2D eigenvalue weighted by molar-refractivity contribution is -0.116. The Morgan fingerprint density at radius 3 is 2.64 bits per heavy atom. The van der Waals surface area contributed by atoms with E-state index in [2.05, 4.69) is 16.6 Å². The topological polar surface area (TPSA) is 92.8 Å². The van der Waals surface area contributed by atoms with Crippen molar-refractivity contribution < 1.29 is 22.7 Å². The van der Waals surface area contributed by atoms with Crippen molar-refractivity contribution in [3.8, 4) is 0 Å². The number of benzene rings is 1. The molecule has 8 heteroatoms. The predicted octanol–water partition coefficient (Wildman–Crippen LogP) is 0.859. The Balaban J connectivity index is 2.80. The highest BCUT2D eigenvalue weighted by molar-refractivity contribution is 7.88. The van der Waals surface area contributed by atoms with E-state index in [-0.39, 0.29) is 18.7 Å². The predicted molar refractivity (Wildman–Crippen MR) is 83.0 cm³/mol. The Kier molecular flexibility index (Phi) is 6.26. The van der Waals surface area contributed by atoms with Gasteiger partial charge in [0.2, 0.25) is 15.9 Å². The van der Waals surface area contributed by atoms with Crippen molar-refractivity contribution in [3.63, 3.8) is 0 Å². The Bertz CT molecular complexity index is 670. The van der Waals surface area contributed by atoms with Crippen LogP contribution in [0.1, 0.15) is 10.4 Å². The van der Waals surface area contributed by atoms with Crippen molar-refractivity contribution in [3.05, 3.63) is 42.5 Å². The van der Waals surface area contributed by atoms with Gasteiger partial charge < -0.3 is 10.1 Å². The van der Waals surface area contributed by atoms with Gasteiger partial charge in [-0.05, 0) is 18.2 Å². The van der Waals surface area contributed by atoms with Gasteiger partial charge in [0, 0.05) is 12.2 Å². The number of hydrogen-bond acceptors (Lipinski definition) is 5. The number of sulfonamides is 1. The van der Waals surface area contributed by atoms with Crippen molar-refractivity contribution in [2.45, 2.75) is 0 Å². The average molecular weight is 326 g/mol. The lowest BCUT2D eigenvalue weighted by Crippen LogP contribution is -2.37. The Labute approximate surface area is 129 Å². The summed E-state index contributed by atoms with van der Waals surface area (Å²) in [5.74, 6) is -1.05. The molecule has 1 amide bonds. The number of hydrogen-bond donors (Lipinski definition) is 1. The number of nitrogens with zero attached hydrogens (tertiary/aromatic N) is 1. The number of carbonyl (C=O) groups excluding carboxylic acids is 2. The lowest BCUT2D eigenvalue weighted by Gasteiger charge is -2.17. The second-order valence-electron chi connectivity index (χ2n) is 4.46. The summed E-state index contributed by atoms with van der Waals surface area (Å²) in [6.45, 7) is 3.15. The van der Waals surface area contributed by atoms with Crippen LogP contribution in [-0.4, -0.2) is 51.1 Å². The van der Waals surface area contributed by atoms with Gasteiger partial charge in [-0.1, -0.05) is 12.1 Å². The molecule has 0 saturated heterocycles. The number of methoxy groups -OCH3 is 1. The zero-order valence-electron chi connectivity index (χ0n) is 12.4. The number of rotatable bonds is 7. The molecule has 1 N–H and O–H groups in total. The molecule has 22 heavy (non-hydrogen) atoms. The van der Waals surface area contributed by atoms with Crippen molar-refractivity contribution in [1.82, 2.24) is 4.31 Å². The van der Waals surface area contributed by atoms with Crippen LogP contribution in [0.25, 0.3) is 0 Å². The van der Waals surface area contributed by atoms with Gasteiger partial charge in [0.1, 0.15) is 0 Å². The molecule has 1 aromatic carbocycles. The summed E-state index contributed by atoms with van der Waals surface area (Å²) < 4.78 is 28.6. The van der Waals surface area contributed by atoms with Crippen molar-refractivity contribution in [1.29, 1.82) is 0 Å². The summed E-state index contributed by atoms with van der Waals surface area (Å²) in [4.78, 5) is 23.3. The highest BCUT2D eigenvalue weighted by Gasteiger charge is 2.19. The highest BCUT2D eigenvalue weighted by atomic mass is 32.2. The van der Waals surface area contributed by atoms with Crippen LogP contribution in [0.2, 0.25) is 0 Å². The van der Waals surface area contributed by atoms with Crippen LogP contribution in [0.5, 0.6) is 0 Å². The van der Waals surface area contributed by atoms with E-state index in [0.717, 1.165) is 10.6 Å². The highest BCUT2D eigenvalue weighted by Crippen LogP contribution is 2.12. The molecular weight excluding hydrogens is 308 g/mol. The van der Waals surface area contributed by atoms with Crippen LogP contribution in [-0.2, 0) is 19.6 Å². The molecule has 0 saturated carbocycles. The third kappa shape index (κ3) is 5.30. The maximum Gasteiger partial charge on any atom is 0.337 e. The van der Waals surface area contributed by atoms with Crippen LogP contribution in [0.4, 0.5) is 5.69 Å². The standard InChI is InChI=1S/C14H18N2O5S/c1-4-8-16(22(3,19)20)10-13(17)15-12-7-5-6-11(9-12)14(18)21-2/h4-7,9H,1,8,10H2,2-3H3,(H,15,17). The smallest absolute Gasteiger partial charge is 0.337 e. The lowest BCUT2D eigenvalue weighted by atomic mass is 10.2. The van der Waals surface area contributed by atoms with Crippen molar-refractivity contribution in [2.75, 3.05) is 31.8 Å². The first kappa shape index (κ1) is 17.9. The van der Waals surface area contributed by atoms with E-state index in [0.29, 0.717) is 5.69 Å². The van der Waals surface area contributed by atoms with Gasteiger partial charge in [-0.3, -0.25) is 4.79 Å². The minimum atomic E-state index is -3.51. The number of amides is 1. The summed E-state index contributed by atoms with van der Waals surface area (Å²) in [7, 11) is -2.26. The first-order valence-electron chi connectivity index (χ1n) is 6.32. The molecule has 0 fully saturated rings. The second-order valence-corrected chi connectivity index (χ2v) is 6.45. The summed E-state index contributed by atoms with van der Waals surface area (Å²) in [6, 6.07) is 6.16. The molecule has 120 valence electrons. The molecule has 1 rings (SSSR count). The minimum Gasteiger partial charge on any atom is -0.465 e. The van der Waals surface area contributed by atoms with Gasteiger partial charge in [-0.25, -0.2) is 13.2 Å². The number of esters is 1. The van der Waals surface area contributed by atoms with Crippen LogP contribution >= 0.6 is 0 Å². The molecule has 1 aromatic rings. The monoisotopic (exact) mass is 326 g/mol. The zero-order chi connectivity index (χ0) is 16.8. The van der Waals surface area contributed by atoms with Crippen LogP contribution in [0, 0.1) is 0 Å². The Morgan fingerprint density at radius 1 is 1.41 bits per heavy atom. The summed E-state index contributed by atoms with van der Waals surface area (Å²) >= 11 is 0. The van der Waals surface area contributed by atoms with Gasteiger partial charge in [0.05, 0.1) is 25.5 Å². The quantitative estimate of drug-likeness (QED) is 0.592. The fourth-order valence-corrected chi connectivity index (χ4v) is 2.39. The number of nitrogens with one attached hydrogen (secondary N) is 1. The molecule has 7 nitrogen and oxygen atoms in total. The maximum atomic E-state index is 11.9. The molecular formula is C14H18N2O5S. The minimum absolute atomic E-state index is 0.0362. The van der Waals surface area contributed by atoms with Crippen LogP contribution in [0.3, 0.4) is 0 Å². The van der Waals surface area contributed by atoms with E-state index in [9.17, 15) is 18.0 Å². The molecule has 0 aliphatic heterocycles. The molecule has 0 unspecified atom stereocenters. The fourth-order valence-electron chi connectivity index (χ4n) is 1.66. The largest absolute Gasteiger partial charge is 0.465 e. The molecule has 0 heterocycles. The first-order valence-corrected chi connectivity index (χ1v) is 8.17. The first-order chi connectivity index (χ1) is 10.3. The molecule has 0 spiro atoms. The van der Waals surface area contributed by atoms with Gasteiger partial charge in [-0.2, -0.15) is 4.31 Å². The molecule has 0 aliphatic rings. The van der Waals surface area contributed by atoms with E-state index in [1.54, 1.807) is 18.2 Å². The summed E-state index contributed by atoms with van der Waals surface area (Å²) in [5, 5.41) is 2.54.